The molecule has 0 radical (unpaired) electrons. The lowest BCUT2D eigenvalue weighted by Crippen LogP contribution is -2.33. The molecule has 0 aromatic carbocycles. The summed E-state index contributed by atoms with van der Waals surface area (Å²) < 4.78 is 25.1. The maximum atomic E-state index is 11.4. The maximum absolute atomic E-state index is 11.4. The van der Waals surface area contributed by atoms with Crippen LogP contribution in [0.4, 0.5) is 0 Å². The molecule has 0 heterocycles. The van der Waals surface area contributed by atoms with Gasteiger partial charge >= 0.3 is 0 Å². The van der Waals surface area contributed by atoms with Crippen LogP contribution in [0.25, 0.3) is 0 Å². The Morgan fingerprint density at radius 3 is 2.21 bits per heavy atom. The van der Waals surface area contributed by atoms with Gasteiger partial charge in [-0.15, -0.1) is 0 Å². The maximum Gasteiger partial charge on any atom is 0.211 e. The van der Waals surface area contributed by atoms with E-state index in [1.165, 1.54) is 0 Å². The largest absolute Gasteiger partial charge is 0.392 e. The second-order valence-electron chi connectivity index (χ2n) is 4.83. The van der Waals surface area contributed by atoms with Crippen LogP contribution in [0.2, 0.25) is 0 Å². The smallest absolute Gasteiger partial charge is 0.211 e. The van der Waals surface area contributed by atoms with Crippen LogP contribution in [-0.2, 0) is 10.0 Å². The Balaban J connectivity index is 3.97. The summed E-state index contributed by atoms with van der Waals surface area (Å²) >= 11 is 0. The summed E-state index contributed by atoms with van der Waals surface area (Å²) in [6.07, 6.45) is -0.0262. The van der Waals surface area contributed by atoms with Crippen molar-refractivity contribution in [3.63, 3.8) is 0 Å². The van der Waals surface area contributed by atoms with Gasteiger partial charge in [0.2, 0.25) is 10.0 Å². The molecular weight excluding hydrogens is 202 g/mol. The van der Waals surface area contributed by atoms with E-state index in [2.05, 4.69) is 4.72 Å². The zero-order valence-corrected chi connectivity index (χ0v) is 10.2. The average molecular weight is 223 g/mol. The second-order valence-corrected chi connectivity index (χ2v) is 6.75. The van der Waals surface area contributed by atoms with Crippen LogP contribution in [0.1, 0.15) is 34.1 Å². The van der Waals surface area contributed by atoms with E-state index in [0.717, 1.165) is 0 Å². The molecule has 0 aromatic heterocycles. The summed E-state index contributed by atoms with van der Waals surface area (Å²) in [6, 6.07) is 0. The standard InChI is InChI=1S/C9H21NO3S/c1-8(11)7-10-14(12,13)6-5-9(2,3)4/h8,10-11H,5-7H2,1-4H3/t8-/m0/s1. The van der Waals surface area contributed by atoms with E-state index >= 15 is 0 Å². The summed E-state index contributed by atoms with van der Waals surface area (Å²) in [7, 11) is -3.22. The van der Waals surface area contributed by atoms with Gasteiger partial charge < -0.3 is 5.11 Å². The molecule has 0 saturated carbocycles. The number of nitrogens with one attached hydrogen (secondary N) is 1. The molecule has 0 rings (SSSR count). The third-order valence-electron chi connectivity index (χ3n) is 1.72. The van der Waals surface area contributed by atoms with E-state index in [-0.39, 0.29) is 17.7 Å². The van der Waals surface area contributed by atoms with Crippen molar-refractivity contribution in [3.05, 3.63) is 0 Å². The molecule has 14 heavy (non-hydrogen) atoms. The molecule has 0 amide bonds. The first-order valence-corrected chi connectivity index (χ1v) is 6.43. The molecule has 0 aromatic rings. The first-order valence-electron chi connectivity index (χ1n) is 4.78. The molecule has 0 fully saturated rings. The van der Waals surface area contributed by atoms with E-state index in [9.17, 15) is 8.42 Å². The predicted molar refractivity (Wildman–Crippen MR) is 57.5 cm³/mol. The minimum atomic E-state index is -3.22. The van der Waals surface area contributed by atoms with Crippen molar-refractivity contribution in [2.45, 2.75) is 40.2 Å². The van der Waals surface area contributed by atoms with Gasteiger partial charge in [-0.25, -0.2) is 13.1 Å². The van der Waals surface area contributed by atoms with E-state index in [0.29, 0.717) is 6.42 Å². The number of hydrogen-bond donors (Lipinski definition) is 2. The fourth-order valence-corrected chi connectivity index (χ4v) is 2.28. The van der Waals surface area contributed by atoms with Crippen molar-refractivity contribution in [3.8, 4) is 0 Å². The van der Waals surface area contributed by atoms with Gasteiger partial charge in [0.05, 0.1) is 11.9 Å². The van der Waals surface area contributed by atoms with Crippen molar-refractivity contribution in [2.24, 2.45) is 5.41 Å². The molecule has 2 N–H and O–H groups in total. The molecule has 1 atom stereocenters. The highest BCUT2D eigenvalue weighted by Crippen LogP contribution is 2.18. The summed E-state index contributed by atoms with van der Waals surface area (Å²) in [5.74, 6) is 0.114. The first kappa shape index (κ1) is 13.9. The van der Waals surface area contributed by atoms with Crippen LogP contribution in [0, 0.1) is 5.41 Å². The quantitative estimate of drug-likeness (QED) is 0.722. The van der Waals surface area contributed by atoms with Crippen LogP contribution in [0.5, 0.6) is 0 Å². The normalized spacial score (nSPS) is 15.5. The highest BCUT2D eigenvalue weighted by molar-refractivity contribution is 7.89. The van der Waals surface area contributed by atoms with E-state index in [4.69, 9.17) is 5.11 Å². The number of hydrogen-bond acceptors (Lipinski definition) is 3. The molecule has 0 aliphatic rings. The lowest BCUT2D eigenvalue weighted by Gasteiger charge is -2.18. The molecule has 0 aliphatic carbocycles. The fourth-order valence-electron chi connectivity index (χ4n) is 0.760. The molecule has 4 nitrogen and oxygen atoms in total. The van der Waals surface area contributed by atoms with Gasteiger partial charge in [-0.2, -0.15) is 0 Å². The Labute approximate surface area is 86.8 Å². The summed E-state index contributed by atoms with van der Waals surface area (Å²) in [5, 5.41) is 8.92. The van der Waals surface area contributed by atoms with Gasteiger partial charge in [-0.3, -0.25) is 0 Å². The highest BCUT2D eigenvalue weighted by Gasteiger charge is 2.17. The van der Waals surface area contributed by atoms with E-state index < -0.39 is 16.1 Å². The Bertz CT molecular complexity index is 252. The van der Waals surface area contributed by atoms with Crippen LogP contribution in [0.15, 0.2) is 0 Å². The third-order valence-corrected chi connectivity index (χ3v) is 3.07. The zero-order chi connectivity index (χ0) is 11.4. The van der Waals surface area contributed by atoms with E-state index in [1.54, 1.807) is 6.92 Å². The van der Waals surface area contributed by atoms with Gasteiger partial charge in [0.1, 0.15) is 0 Å². The minimum absolute atomic E-state index is 0.0135. The van der Waals surface area contributed by atoms with Crippen LogP contribution < -0.4 is 4.72 Å². The number of aliphatic hydroxyl groups is 1. The predicted octanol–water partition coefficient (Wildman–Crippen LogP) is 0.723. The first-order chi connectivity index (χ1) is 6.12. The Morgan fingerprint density at radius 2 is 1.86 bits per heavy atom. The molecule has 0 unspecified atom stereocenters. The molecule has 0 bridgehead atoms. The van der Waals surface area contributed by atoms with Crippen molar-refractivity contribution in [1.82, 2.24) is 4.72 Å². The molecule has 0 spiro atoms. The fraction of sp³-hybridized carbons (Fsp3) is 1.00. The number of sulfonamides is 1. The summed E-state index contributed by atoms with van der Waals surface area (Å²) in [4.78, 5) is 0. The van der Waals surface area contributed by atoms with Crippen molar-refractivity contribution < 1.29 is 13.5 Å². The highest BCUT2D eigenvalue weighted by atomic mass is 32.2. The SMILES string of the molecule is C[C@H](O)CNS(=O)(=O)CCC(C)(C)C. The van der Waals surface area contributed by atoms with Gasteiger partial charge in [-0.1, -0.05) is 20.8 Å². The Hall–Kier alpha value is -0.130. The van der Waals surface area contributed by atoms with Crippen LogP contribution in [-0.4, -0.2) is 31.9 Å². The van der Waals surface area contributed by atoms with Gasteiger partial charge in [-0.05, 0) is 18.8 Å². The number of aliphatic hydroxyl groups excluding tert-OH is 1. The molecule has 0 aliphatic heterocycles. The summed E-state index contributed by atoms with van der Waals surface area (Å²) in [5.41, 5.74) is 0.0135. The van der Waals surface area contributed by atoms with Gasteiger partial charge in [0.15, 0.2) is 0 Å². The van der Waals surface area contributed by atoms with Crippen molar-refractivity contribution >= 4 is 10.0 Å². The Morgan fingerprint density at radius 1 is 1.36 bits per heavy atom. The lowest BCUT2D eigenvalue weighted by atomic mass is 9.94. The topological polar surface area (TPSA) is 66.4 Å². The molecular formula is C9H21NO3S. The average Bonchev–Trinajstić information content (AvgIpc) is 1.97. The minimum Gasteiger partial charge on any atom is -0.392 e. The van der Waals surface area contributed by atoms with Crippen molar-refractivity contribution in [1.29, 1.82) is 0 Å². The number of rotatable bonds is 5. The monoisotopic (exact) mass is 223 g/mol. The van der Waals surface area contributed by atoms with Gasteiger partial charge in [0, 0.05) is 6.54 Å². The third kappa shape index (κ3) is 8.47. The van der Waals surface area contributed by atoms with Gasteiger partial charge in [0.25, 0.3) is 0 Å². The Kier molecular flexibility index (Phi) is 5.05. The lowest BCUT2D eigenvalue weighted by molar-refractivity contribution is 0.198. The summed E-state index contributed by atoms with van der Waals surface area (Å²) in [6.45, 7) is 7.63. The second kappa shape index (κ2) is 5.09. The van der Waals surface area contributed by atoms with E-state index in [1.807, 2.05) is 20.8 Å². The molecule has 5 heteroatoms. The van der Waals surface area contributed by atoms with Crippen molar-refractivity contribution in [2.75, 3.05) is 12.3 Å². The van der Waals surface area contributed by atoms with Crippen LogP contribution >= 0.6 is 0 Å². The zero-order valence-electron chi connectivity index (χ0n) is 9.37. The molecule has 0 saturated heterocycles. The molecule has 86 valence electrons. The van der Waals surface area contributed by atoms with Crippen LogP contribution in [0.3, 0.4) is 0 Å².